The molecular formula is C13H24O3. The maximum atomic E-state index is 8.94. The van der Waals surface area contributed by atoms with Gasteiger partial charge in [0.25, 0.3) is 0 Å². The molecule has 1 saturated carbocycles. The molecule has 1 fully saturated rings. The normalized spacial score (nSPS) is 27.7. The Labute approximate surface area is 98.1 Å². The lowest BCUT2D eigenvalue weighted by Gasteiger charge is -2.06. The summed E-state index contributed by atoms with van der Waals surface area (Å²) < 4.78 is 4.55. The number of rotatable bonds is 5. The van der Waals surface area contributed by atoms with Crippen LogP contribution in [0, 0.1) is 11.8 Å². The van der Waals surface area contributed by atoms with Crippen molar-refractivity contribution >= 4 is 0 Å². The Kier molecular flexibility index (Phi) is 6.69. The number of allylic oxidation sites excluding steroid dienone is 2. The van der Waals surface area contributed by atoms with Gasteiger partial charge < -0.3 is 14.9 Å². The fraction of sp³-hybridized carbons (Fsp3) is 0.846. The topological polar surface area (TPSA) is 49.7 Å². The predicted molar refractivity (Wildman–Crippen MR) is 63.9 cm³/mol. The quantitative estimate of drug-likeness (QED) is 0.559. The van der Waals surface area contributed by atoms with Gasteiger partial charge in [-0.15, -0.1) is 0 Å². The Balaban J connectivity index is 0.000000163. The van der Waals surface area contributed by atoms with Crippen molar-refractivity contribution < 1.29 is 14.9 Å². The largest absolute Gasteiger partial charge is 0.391 e. The van der Waals surface area contributed by atoms with Crippen LogP contribution in [0.1, 0.15) is 39.0 Å². The van der Waals surface area contributed by atoms with Crippen LogP contribution in [0.4, 0.5) is 0 Å². The molecule has 3 unspecified atom stereocenters. The summed E-state index contributed by atoms with van der Waals surface area (Å²) in [5.41, 5.74) is 0. The van der Waals surface area contributed by atoms with Crippen molar-refractivity contribution in [3.63, 3.8) is 0 Å². The second-order valence-corrected chi connectivity index (χ2v) is 4.66. The fourth-order valence-corrected chi connectivity index (χ4v) is 2.32. The second kappa shape index (κ2) is 7.82. The Hall–Kier alpha value is -0.380. The van der Waals surface area contributed by atoms with E-state index in [1.54, 1.807) is 0 Å². The highest BCUT2D eigenvalue weighted by atomic mass is 16.6. The SMILES string of the molecule is C1=CC2CCC1C2.CCCC(O)COCO. The summed E-state index contributed by atoms with van der Waals surface area (Å²) in [6.45, 7) is 1.92. The number of hydrogen-bond donors (Lipinski definition) is 2. The maximum absolute atomic E-state index is 8.94. The van der Waals surface area contributed by atoms with E-state index >= 15 is 0 Å². The molecule has 2 bridgehead atoms. The van der Waals surface area contributed by atoms with Crippen LogP contribution in [0.3, 0.4) is 0 Å². The second-order valence-electron chi connectivity index (χ2n) is 4.66. The van der Waals surface area contributed by atoms with Gasteiger partial charge in [-0.25, -0.2) is 0 Å². The molecule has 0 aliphatic heterocycles. The van der Waals surface area contributed by atoms with Gasteiger partial charge in [-0.3, -0.25) is 0 Å². The van der Waals surface area contributed by atoms with Gasteiger partial charge in [0.15, 0.2) is 0 Å². The third kappa shape index (κ3) is 5.10. The average molecular weight is 228 g/mol. The highest BCUT2D eigenvalue weighted by Gasteiger charge is 2.25. The van der Waals surface area contributed by atoms with Gasteiger partial charge in [-0.2, -0.15) is 0 Å². The maximum Gasteiger partial charge on any atom is 0.143 e. The van der Waals surface area contributed by atoms with Crippen LogP contribution in [-0.4, -0.2) is 29.7 Å². The van der Waals surface area contributed by atoms with E-state index in [1.807, 2.05) is 6.92 Å². The summed E-state index contributed by atoms with van der Waals surface area (Å²) in [6.07, 6.45) is 10.4. The lowest BCUT2D eigenvalue weighted by molar-refractivity contribution is -0.0431. The van der Waals surface area contributed by atoms with Gasteiger partial charge in [0.1, 0.15) is 6.79 Å². The van der Waals surface area contributed by atoms with E-state index in [9.17, 15) is 0 Å². The molecule has 0 aromatic rings. The van der Waals surface area contributed by atoms with Crippen LogP contribution >= 0.6 is 0 Å². The highest BCUT2D eigenvalue weighted by molar-refractivity contribution is 5.06. The molecule has 0 radical (unpaired) electrons. The molecule has 0 aromatic heterocycles. The first kappa shape index (κ1) is 13.7. The molecule has 3 nitrogen and oxygen atoms in total. The molecule has 0 aromatic carbocycles. The van der Waals surface area contributed by atoms with E-state index in [4.69, 9.17) is 10.2 Å². The first-order valence-electron chi connectivity index (χ1n) is 6.31. The van der Waals surface area contributed by atoms with Crippen molar-refractivity contribution in [3.8, 4) is 0 Å². The summed E-state index contributed by atoms with van der Waals surface area (Å²) in [5.74, 6) is 1.98. The van der Waals surface area contributed by atoms with Crippen molar-refractivity contribution in [1.29, 1.82) is 0 Å². The van der Waals surface area contributed by atoms with Gasteiger partial charge in [0.05, 0.1) is 12.7 Å². The van der Waals surface area contributed by atoms with Gasteiger partial charge in [0, 0.05) is 0 Å². The number of aliphatic hydroxyl groups is 2. The highest BCUT2D eigenvalue weighted by Crippen LogP contribution is 2.38. The number of ether oxygens (including phenoxy) is 1. The molecular weight excluding hydrogens is 204 g/mol. The van der Waals surface area contributed by atoms with Crippen LogP contribution in [0.5, 0.6) is 0 Å². The predicted octanol–water partition coefficient (Wildman–Crippen LogP) is 2.09. The summed E-state index contributed by atoms with van der Waals surface area (Å²) >= 11 is 0. The zero-order valence-corrected chi connectivity index (χ0v) is 10.1. The van der Waals surface area contributed by atoms with Gasteiger partial charge in [-0.1, -0.05) is 25.5 Å². The zero-order valence-electron chi connectivity index (χ0n) is 10.1. The monoisotopic (exact) mass is 228 g/mol. The van der Waals surface area contributed by atoms with Crippen LogP contribution in [0.2, 0.25) is 0 Å². The minimum atomic E-state index is -0.415. The van der Waals surface area contributed by atoms with Crippen molar-refractivity contribution in [1.82, 2.24) is 0 Å². The Morgan fingerprint density at radius 1 is 1.31 bits per heavy atom. The molecule has 2 aliphatic rings. The van der Waals surface area contributed by atoms with E-state index in [-0.39, 0.29) is 13.4 Å². The minimum Gasteiger partial charge on any atom is -0.391 e. The van der Waals surface area contributed by atoms with E-state index in [0.29, 0.717) is 0 Å². The molecule has 2 N–H and O–H groups in total. The lowest BCUT2D eigenvalue weighted by atomic mass is 10.1. The van der Waals surface area contributed by atoms with Crippen LogP contribution in [0.25, 0.3) is 0 Å². The Bertz CT molecular complexity index is 191. The molecule has 94 valence electrons. The van der Waals surface area contributed by atoms with Crippen LogP contribution in [-0.2, 0) is 4.74 Å². The van der Waals surface area contributed by atoms with E-state index in [2.05, 4.69) is 16.9 Å². The number of fused-ring (bicyclic) bond motifs is 2. The third-order valence-electron chi connectivity index (χ3n) is 3.19. The lowest BCUT2D eigenvalue weighted by Crippen LogP contribution is -2.14. The van der Waals surface area contributed by atoms with Crippen LogP contribution in [0.15, 0.2) is 12.2 Å². The smallest absolute Gasteiger partial charge is 0.143 e. The molecule has 0 amide bonds. The number of hydrogen-bond acceptors (Lipinski definition) is 3. The first-order valence-corrected chi connectivity index (χ1v) is 6.31. The summed E-state index contributed by atoms with van der Waals surface area (Å²) in [7, 11) is 0. The molecule has 0 spiro atoms. The minimum absolute atomic E-state index is 0.240. The third-order valence-corrected chi connectivity index (χ3v) is 3.19. The molecule has 3 atom stereocenters. The van der Waals surface area contributed by atoms with Crippen molar-refractivity contribution in [2.24, 2.45) is 11.8 Å². The Morgan fingerprint density at radius 3 is 2.25 bits per heavy atom. The number of aliphatic hydroxyl groups excluding tert-OH is 2. The molecule has 2 rings (SSSR count). The molecule has 0 heterocycles. The van der Waals surface area contributed by atoms with E-state index in [0.717, 1.165) is 24.7 Å². The summed E-state index contributed by atoms with van der Waals surface area (Å²) in [6, 6.07) is 0. The molecule has 0 saturated heterocycles. The molecule has 16 heavy (non-hydrogen) atoms. The fourth-order valence-electron chi connectivity index (χ4n) is 2.32. The molecule has 3 heteroatoms. The summed E-state index contributed by atoms with van der Waals surface area (Å²) in [5, 5.41) is 17.1. The average Bonchev–Trinajstić information content (AvgIpc) is 2.92. The van der Waals surface area contributed by atoms with Gasteiger partial charge in [-0.05, 0) is 37.5 Å². The van der Waals surface area contributed by atoms with E-state index < -0.39 is 6.10 Å². The van der Waals surface area contributed by atoms with Crippen molar-refractivity contribution in [3.05, 3.63) is 12.2 Å². The van der Waals surface area contributed by atoms with Crippen molar-refractivity contribution in [2.45, 2.75) is 45.1 Å². The first-order chi connectivity index (χ1) is 7.76. The standard InChI is InChI=1S/C7H10.C6H14O3/c1-2-7-4-3-6(1)5-7;1-2-3-6(8)4-9-5-7/h1-2,6-7H,3-5H2;6-8H,2-5H2,1H3. The van der Waals surface area contributed by atoms with Crippen molar-refractivity contribution in [2.75, 3.05) is 13.4 Å². The van der Waals surface area contributed by atoms with Crippen LogP contribution < -0.4 is 0 Å². The molecule has 2 aliphatic carbocycles. The zero-order chi connectivity index (χ0) is 11.8. The van der Waals surface area contributed by atoms with Gasteiger partial charge >= 0.3 is 0 Å². The van der Waals surface area contributed by atoms with Gasteiger partial charge in [0.2, 0.25) is 0 Å². The Morgan fingerprint density at radius 2 is 1.94 bits per heavy atom. The van der Waals surface area contributed by atoms with E-state index in [1.165, 1.54) is 19.3 Å². The summed E-state index contributed by atoms with van der Waals surface area (Å²) in [4.78, 5) is 0.